The molecule has 0 amide bonds. The summed E-state index contributed by atoms with van der Waals surface area (Å²) in [5.41, 5.74) is 0.446. The van der Waals surface area contributed by atoms with Gasteiger partial charge in [-0.3, -0.25) is 4.98 Å². The van der Waals surface area contributed by atoms with Crippen LogP contribution in [0.4, 0.5) is 0 Å². The fourth-order valence-electron chi connectivity index (χ4n) is 1.49. The Hall–Kier alpha value is -0.580. The molecule has 0 N–H and O–H groups in total. The van der Waals surface area contributed by atoms with Gasteiger partial charge < -0.3 is 14.6 Å². The van der Waals surface area contributed by atoms with Gasteiger partial charge >= 0.3 is 29.6 Å². The van der Waals surface area contributed by atoms with Crippen LogP contribution >= 0.6 is 0 Å². The summed E-state index contributed by atoms with van der Waals surface area (Å²) in [6.45, 7) is 1.92. The summed E-state index contributed by atoms with van der Waals surface area (Å²) in [7, 11) is 1.50. The molecule has 0 aliphatic rings. The van der Waals surface area contributed by atoms with Gasteiger partial charge in [0.2, 0.25) is 0 Å². The summed E-state index contributed by atoms with van der Waals surface area (Å²) < 4.78 is 5.07. The van der Waals surface area contributed by atoms with Crippen LogP contribution in [-0.2, 0) is 4.79 Å². The minimum absolute atomic E-state index is 0. The number of carbonyl (C=O) groups is 1. The number of carboxylic acid groups (broad SMARTS) is 1. The number of hydrogen-bond acceptors (Lipinski definition) is 4. The van der Waals surface area contributed by atoms with Gasteiger partial charge in [0.25, 0.3) is 0 Å². The Morgan fingerprint density at radius 1 is 1.62 bits per heavy atom. The SMILES string of the molecule is CCCC(C(=O)[O-])c1ncccc1OC.[Na+]. The van der Waals surface area contributed by atoms with Gasteiger partial charge in [0.1, 0.15) is 5.75 Å². The summed E-state index contributed by atoms with van der Waals surface area (Å²) in [6, 6.07) is 3.41. The molecule has 0 radical (unpaired) electrons. The van der Waals surface area contributed by atoms with Crippen molar-refractivity contribution >= 4 is 5.97 Å². The molecule has 1 atom stereocenters. The van der Waals surface area contributed by atoms with Crippen LogP contribution in [0.25, 0.3) is 0 Å². The van der Waals surface area contributed by atoms with Crippen LogP contribution < -0.4 is 39.4 Å². The molecule has 4 nitrogen and oxygen atoms in total. The first-order valence-electron chi connectivity index (χ1n) is 4.90. The van der Waals surface area contributed by atoms with Crippen molar-refractivity contribution in [3.8, 4) is 5.75 Å². The molecule has 0 aliphatic carbocycles. The molecular formula is C11H14NNaO3. The van der Waals surface area contributed by atoms with E-state index in [0.717, 1.165) is 6.42 Å². The smallest absolute Gasteiger partial charge is 0.549 e. The van der Waals surface area contributed by atoms with E-state index in [0.29, 0.717) is 17.9 Å². The molecule has 16 heavy (non-hydrogen) atoms. The third-order valence-electron chi connectivity index (χ3n) is 2.21. The summed E-state index contributed by atoms with van der Waals surface area (Å²) in [6.07, 6.45) is 2.83. The van der Waals surface area contributed by atoms with Gasteiger partial charge in [-0.1, -0.05) is 13.3 Å². The molecule has 0 aromatic carbocycles. The summed E-state index contributed by atoms with van der Waals surface area (Å²) >= 11 is 0. The zero-order valence-corrected chi connectivity index (χ0v) is 11.9. The molecule has 1 rings (SSSR count). The maximum atomic E-state index is 11.0. The average Bonchev–Trinajstić information content (AvgIpc) is 2.25. The van der Waals surface area contributed by atoms with Crippen molar-refractivity contribution in [1.29, 1.82) is 0 Å². The van der Waals surface area contributed by atoms with Crippen LogP contribution in [0.15, 0.2) is 18.3 Å². The molecule has 5 heteroatoms. The summed E-state index contributed by atoms with van der Waals surface area (Å²) in [4.78, 5) is 15.0. The molecule has 1 aromatic rings. The molecule has 82 valence electrons. The summed E-state index contributed by atoms with van der Waals surface area (Å²) in [5, 5.41) is 11.0. The Morgan fingerprint density at radius 3 is 2.81 bits per heavy atom. The summed E-state index contributed by atoms with van der Waals surface area (Å²) in [5.74, 6) is -1.29. The van der Waals surface area contributed by atoms with Crippen molar-refractivity contribution in [1.82, 2.24) is 4.98 Å². The maximum absolute atomic E-state index is 11.0. The number of aromatic nitrogens is 1. The Bertz CT molecular complexity index is 344. The molecule has 0 fully saturated rings. The van der Waals surface area contributed by atoms with Gasteiger partial charge in [-0.15, -0.1) is 0 Å². The second-order valence-electron chi connectivity index (χ2n) is 3.25. The van der Waals surface area contributed by atoms with Crippen LogP contribution in [-0.4, -0.2) is 18.1 Å². The molecule has 0 spiro atoms. The third-order valence-corrected chi connectivity index (χ3v) is 2.21. The van der Waals surface area contributed by atoms with Crippen molar-refractivity contribution < 1.29 is 44.2 Å². The number of pyridine rings is 1. The average molecular weight is 231 g/mol. The third kappa shape index (κ3) is 3.77. The van der Waals surface area contributed by atoms with Crippen molar-refractivity contribution in [2.45, 2.75) is 25.7 Å². The number of ether oxygens (including phenoxy) is 1. The molecular weight excluding hydrogens is 217 g/mol. The van der Waals surface area contributed by atoms with Gasteiger partial charge in [0.05, 0.1) is 18.8 Å². The van der Waals surface area contributed by atoms with Crippen molar-refractivity contribution in [3.05, 3.63) is 24.0 Å². The van der Waals surface area contributed by atoms with E-state index >= 15 is 0 Å². The largest absolute Gasteiger partial charge is 1.00 e. The van der Waals surface area contributed by atoms with Crippen LogP contribution in [0.2, 0.25) is 0 Å². The predicted octanol–water partition coefficient (Wildman–Crippen LogP) is -2.27. The van der Waals surface area contributed by atoms with Crippen LogP contribution in [0, 0.1) is 0 Å². The normalized spacial score (nSPS) is 11.4. The van der Waals surface area contributed by atoms with Crippen molar-refractivity contribution in [3.63, 3.8) is 0 Å². The Morgan fingerprint density at radius 2 is 2.31 bits per heavy atom. The van der Waals surface area contributed by atoms with Crippen molar-refractivity contribution in [2.24, 2.45) is 0 Å². The molecule has 1 heterocycles. The zero-order chi connectivity index (χ0) is 11.3. The first-order chi connectivity index (χ1) is 7.20. The van der Waals surface area contributed by atoms with E-state index in [1.54, 1.807) is 18.3 Å². The fraction of sp³-hybridized carbons (Fsp3) is 0.455. The number of rotatable bonds is 5. The van der Waals surface area contributed by atoms with Gasteiger partial charge in [-0.05, 0) is 18.6 Å². The van der Waals surface area contributed by atoms with Crippen LogP contribution in [0.5, 0.6) is 5.75 Å². The predicted molar refractivity (Wildman–Crippen MR) is 53.4 cm³/mol. The first-order valence-corrected chi connectivity index (χ1v) is 4.90. The Balaban J connectivity index is 0.00000225. The van der Waals surface area contributed by atoms with Gasteiger partial charge in [-0.2, -0.15) is 0 Å². The molecule has 1 aromatic heterocycles. The number of carbonyl (C=O) groups excluding carboxylic acids is 1. The number of aliphatic carboxylic acids is 1. The van der Waals surface area contributed by atoms with Gasteiger partial charge in [0, 0.05) is 12.1 Å². The molecule has 0 bridgehead atoms. The minimum Gasteiger partial charge on any atom is -0.549 e. The number of hydrogen-bond donors (Lipinski definition) is 0. The van der Waals surface area contributed by atoms with E-state index in [1.807, 2.05) is 6.92 Å². The topological polar surface area (TPSA) is 62.2 Å². The Kier molecular flexibility index (Phi) is 7.38. The van der Waals surface area contributed by atoms with E-state index in [-0.39, 0.29) is 29.6 Å². The van der Waals surface area contributed by atoms with Gasteiger partial charge in [0.15, 0.2) is 0 Å². The number of methoxy groups -OCH3 is 1. The quantitative estimate of drug-likeness (QED) is 0.536. The fourth-order valence-corrected chi connectivity index (χ4v) is 1.49. The molecule has 0 aliphatic heterocycles. The van der Waals surface area contributed by atoms with E-state index in [1.165, 1.54) is 7.11 Å². The van der Waals surface area contributed by atoms with E-state index in [9.17, 15) is 9.90 Å². The second kappa shape index (κ2) is 7.65. The first kappa shape index (κ1) is 15.4. The van der Waals surface area contributed by atoms with Crippen molar-refractivity contribution in [2.75, 3.05) is 7.11 Å². The molecule has 1 unspecified atom stereocenters. The van der Waals surface area contributed by atoms with E-state index < -0.39 is 11.9 Å². The second-order valence-corrected chi connectivity index (χ2v) is 3.25. The van der Waals surface area contributed by atoms with E-state index in [2.05, 4.69) is 4.98 Å². The van der Waals surface area contributed by atoms with Gasteiger partial charge in [-0.25, -0.2) is 0 Å². The zero-order valence-electron chi connectivity index (χ0n) is 9.90. The number of nitrogens with zero attached hydrogens (tertiary/aromatic N) is 1. The number of carboxylic acids is 1. The van der Waals surface area contributed by atoms with E-state index in [4.69, 9.17) is 4.74 Å². The standard InChI is InChI=1S/C11H15NO3.Na/c1-3-5-8(11(13)14)10-9(15-2)6-4-7-12-10;/h4,6-8H,3,5H2,1-2H3,(H,13,14);/q;+1/p-1. The van der Waals surface area contributed by atoms with Crippen LogP contribution in [0.1, 0.15) is 31.4 Å². The maximum Gasteiger partial charge on any atom is 1.00 e. The minimum atomic E-state index is -1.10. The molecule has 0 saturated heterocycles. The molecule has 0 saturated carbocycles. The Labute approximate surface area is 117 Å². The van der Waals surface area contributed by atoms with Crippen LogP contribution in [0.3, 0.4) is 0 Å². The monoisotopic (exact) mass is 231 g/mol.